The van der Waals surface area contributed by atoms with Crippen molar-refractivity contribution in [2.45, 2.75) is 32.6 Å². The molecule has 1 aromatic rings. The molecular formula is C17H23NO2. The number of benzene rings is 1. The lowest BCUT2D eigenvalue weighted by molar-refractivity contribution is -0.116. The van der Waals surface area contributed by atoms with Gasteiger partial charge in [-0.15, -0.1) is 0 Å². The van der Waals surface area contributed by atoms with Crippen molar-refractivity contribution in [3.05, 3.63) is 35.9 Å². The summed E-state index contributed by atoms with van der Waals surface area (Å²) < 4.78 is 5.13. The second-order valence-electron chi connectivity index (χ2n) is 5.45. The molecule has 3 heteroatoms. The van der Waals surface area contributed by atoms with Gasteiger partial charge in [0.25, 0.3) is 0 Å². The van der Waals surface area contributed by atoms with Gasteiger partial charge in [0.2, 0.25) is 5.91 Å². The highest BCUT2D eigenvalue weighted by atomic mass is 16.5. The fourth-order valence-electron chi connectivity index (χ4n) is 2.64. The zero-order valence-corrected chi connectivity index (χ0v) is 12.3. The number of nitrogens with one attached hydrogen (secondary N) is 1. The molecule has 1 aromatic carbocycles. The van der Waals surface area contributed by atoms with Gasteiger partial charge < -0.3 is 10.1 Å². The molecule has 1 aliphatic rings. The smallest absolute Gasteiger partial charge is 0.244 e. The molecule has 1 saturated carbocycles. The van der Waals surface area contributed by atoms with Crippen molar-refractivity contribution in [2.75, 3.05) is 13.7 Å². The van der Waals surface area contributed by atoms with E-state index in [1.807, 2.05) is 31.2 Å². The second-order valence-corrected chi connectivity index (χ2v) is 5.45. The van der Waals surface area contributed by atoms with E-state index in [1.54, 1.807) is 13.2 Å². The summed E-state index contributed by atoms with van der Waals surface area (Å²) in [6.45, 7) is 2.77. The summed E-state index contributed by atoms with van der Waals surface area (Å²) in [5.74, 6) is 1.51. The van der Waals surface area contributed by atoms with E-state index >= 15 is 0 Å². The van der Waals surface area contributed by atoms with Crippen molar-refractivity contribution in [3.63, 3.8) is 0 Å². The van der Waals surface area contributed by atoms with Gasteiger partial charge in [0.05, 0.1) is 7.11 Å². The molecule has 0 saturated heterocycles. The molecule has 20 heavy (non-hydrogen) atoms. The summed E-state index contributed by atoms with van der Waals surface area (Å²) in [5.41, 5.74) is 2.01. The monoisotopic (exact) mass is 273 g/mol. The molecule has 0 aliphatic heterocycles. The van der Waals surface area contributed by atoms with Gasteiger partial charge in [-0.2, -0.15) is 0 Å². The lowest BCUT2D eigenvalue weighted by Gasteiger charge is -2.09. The van der Waals surface area contributed by atoms with E-state index < -0.39 is 0 Å². The summed E-state index contributed by atoms with van der Waals surface area (Å²) in [6.07, 6.45) is 6.79. The van der Waals surface area contributed by atoms with Crippen molar-refractivity contribution < 1.29 is 9.53 Å². The fourth-order valence-corrected chi connectivity index (χ4v) is 2.64. The number of amides is 1. The zero-order chi connectivity index (χ0) is 14.4. The van der Waals surface area contributed by atoms with Gasteiger partial charge in [0.1, 0.15) is 5.75 Å². The number of carbonyl (C=O) groups is 1. The largest absolute Gasteiger partial charge is 0.497 e. The predicted octanol–water partition coefficient (Wildman–Crippen LogP) is 3.40. The average molecular weight is 273 g/mol. The van der Waals surface area contributed by atoms with Gasteiger partial charge in [-0.3, -0.25) is 4.79 Å². The lowest BCUT2D eigenvalue weighted by Crippen LogP contribution is -2.26. The molecule has 0 aromatic heterocycles. The summed E-state index contributed by atoms with van der Waals surface area (Å²) in [6, 6.07) is 7.75. The molecule has 1 fully saturated rings. The molecule has 1 N–H and O–H groups in total. The van der Waals surface area contributed by atoms with Crippen molar-refractivity contribution in [2.24, 2.45) is 5.92 Å². The Morgan fingerprint density at radius 2 is 1.95 bits per heavy atom. The minimum atomic E-state index is 0.00483. The third-order valence-electron chi connectivity index (χ3n) is 3.93. The Morgan fingerprint density at radius 1 is 1.30 bits per heavy atom. The molecule has 2 rings (SSSR count). The average Bonchev–Trinajstić information content (AvgIpc) is 2.98. The standard InChI is InChI=1S/C17H23NO2/c1-13(15-7-9-16(20-2)10-8-15)11-17(19)18-12-14-5-3-4-6-14/h7-11,14H,3-6,12H2,1-2H3,(H,18,19)/b13-11+. The van der Waals surface area contributed by atoms with Crippen LogP contribution in [0.25, 0.3) is 5.57 Å². The van der Waals surface area contributed by atoms with Crippen LogP contribution in [0.3, 0.4) is 0 Å². The van der Waals surface area contributed by atoms with Gasteiger partial charge in [-0.05, 0) is 49.0 Å². The molecule has 0 unspecified atom stereocenters. The summed E-state index contributed by atoms with van der Waals surface area (Å²) in [5, 5.41) is 3.01. The van der Waals surface area contributed by atoms with Crippen molar-refractivity contribution in [1.29, 1.82) is 0 Å². The minimum Gasteiger partial charge on any atom is -0.497 e. The normalized spacial score (nSPS) is 16.2. The number of hydrogen-bond donors (Lipinski definition) is 1. The molecule has 0 radical (unpaired) electrons. The fraction of sp³-hybridized carbons (Fsp3) is 0.471. The van der Waals surface area contributed by atoms with Crippen LogP contribution in [0.2, 0.25) is 0 Å². The Labute approximate surface area is 121 Å². The highest BCUT2D eigenvalue weighted by Gasteiger charge is 2.15. The number of methoxy groups -OCH3 is 1. The Morgan fingerprint density at radius 3 is 2.55 bits per heavy atom. The Balaban J connectivity index is 1.88. The van der Waals surface area contributed by atoms with Crippen molar-refractivity contribution in [3.8, 4) is 5.75 Å². The summed E-state index contributed by atoms with van der Waals surface area (Å²) in [7, 11) is 1.65. The first kappa shape index (κ1) is 14.6. The molecule has 0 spiro atoms. The highest BCUT2D eigenvalue weighted by Crippen LogP contribution is 2.23. The van der Waals surface area contributed by atoms with E-state index in [2.05, 4.69) is 5.32 Å². The molecule has 3 nitrogen and oxygen atoms in total. The molecule has 1 aliphatic carbocycles. The van der Waals surface area contributed by atoms with Gasteiger partial charge in [0.15, 0.2) is 0 Å². The van der Waals surface area contributed by atoms with Crippen LogP contribution in [-0.4, -0.2) is 19.6 Å². The third kappa shape index (κ3) is 4.12. The van der Waals surface area contributed by atoms with E-state index in [0.29, 0.717) is 5.92 Å². The number of rotatable bonds is 5. The summed E-state index contributed by atoms with van der Waals surface area (Å²) in [4.78, 5) is 11.9. The van der Waals surface area contributed by atoms with E-state index in [1.165, 1.54) is 25.7 Å². The highest BCUT2D eigenvalue weighted by molar-refractivity contribution is 5.94. The van der Waals surface area contributed by atoms with Crippen LogP contribution < -0.4 is 10.1 Å². The van der Waals surface area contributed by atoms with Gasteiger partial charge in [-0.25, -0.2) is 0 Å². The SMILES string of the molecule is COc1ccc(/C(C)=C/C(=O)NCC2CCCC2)cc1. The Bertz CT molecular complexity index is 470. The van der Waals surface area contributed by atoms with Crippen LogP contribution in [0.4, 0.5) is 0 Å². The number of carbonyl (C=O) groups excluding carboxylic acids is 1. The van der Waals surface area contributed by atoms with Crippen molar-refractivity contribution >= 4 is 11.5 Å². The molecular weight excluding hydrogens is 250 g/mol. The molecule has 108 valence electrons. The van der Waals surface area contributed by atoms with Gasteiger partial charge in [0, 0.05) is 12.6 Å². The number of ether oxygens (including phenoxy) is 1. The number of hydrogen-bond acceptors (Lipinski definition) is 2. The van der Waals surface area contributed by atoms with E-state index in [0.717, 1.165) is 23.4 Å². The molecule has 1 amide bonds. The third-order valence-corrected chi connectivity index (χ3v) is 3.93. The van der Waals surface area contributed by atoms with Crippen LogP contribution in [-0.2, 0) is 4.79 Å². The Hall–Kier alpha value is -1.77. The van der Waals surface area contributed by atoms with Gasteiger partial charge in [-0.1, -0.05) is 25.0 Å². The predicted molar refractivity (Wildman–Crippen MR) is 81.6 cm³/mol. The maximum absolute atomic E-state index is 11.9. The quantitative estimate of drug-likeness (QED) is 0.835. The Kier molecular flexibility index (Phi) is 5.22. The molecule has 0 heterocycles. The topological polar surface area (TPSA) is 38.3 Å². The van der Waals surface area contributed by atoms with Crippen LogP contribution >= 0.6 is 0 Å². The lowest BCUT2D eigenvalue weighted by atomic mass is 10.1. The van der Waals surface area contributed by atoms with Crippen LogP contribution in [0, 0.1) is 5.92 Å². The van der Waals surface area contributed by atoms with E-state index in [-0.39, 0.29) is 5.91 Å². The maximum atomic E-state index is 11.9. The van der Waals surface area contributed by atoms with Gasteiger partial charge >= 0.3 is 0 Å². The number of allylic oxidation sites excluding steroid dienone is 1. The first-order valence-electron chi connectivity index (χ1n) is 7.29. The van der Waals surface area contributed by atoms with Crippen LogP contribution in [0.15, 0.2) is 30.3 Å². The summed E-state index contributed by atoms with van der Waals surface area (Å²) >= 11 is 0. The second kappa shape index (κ2) is 7.13. The first-order valence-corrected chi connectivity index (χ1v) is 7.29. The van der Waals surface area contributed by atoms with Crippen molar-refractivity contribution in [1.82, 2.24) is 5.32 Å². The first-order chi connectivity index (χ1) is 9.69. The van der Waals surface area contributed by atoms with Crippen LogP contribution in [0.5, 0.6) is 5.75 Å². The van der Waals surface area contributed by atoms with E-state index in [9.17, 15) is 4.79 Å². The zero-order valence-electron chi connectivity index (χ0n) is 12.3. The van der Waals surface area contributed by atoms with E-state index in [4.69, 9.17) is 4.74 Å². The molecule has 0 bridgehead atoms. The minimum absolute atomic E-state index is 0.00483. The van der Waals surface area contributed by atoms with Crippen LogP contribution in [0.1, 0.15) is 38.2 Å². The maximum Gasteiger partial charge on any atom is 0.244 e. The molecule has 0 atom stereocenters.